The van der Waals surface area contributed by atoms with E-state index < -0.39 is 5.41 Å². The van der Waals surface area contributed by atoms with E-state index >= 15 is 0 Å². The molecule has 1 unspecified atom stereocenters. The first-order valence-corrected chi connectivity index (χ1v) is 8.19. The monoisotopic (exact) mass is 322 g/mol. The van der Waals surface area contributed by atoms with Gasteiger partial charge in [0.25, 0.3) is 0 Å². The maximum absolute atomic E-state index is 13.1. The zero-order chi connectivity index (χ0) is 17.3. The number of anilines is 2. The third-order valence-electron chi connectivity index (χ3n) is 4.56. The molecule has 2 aromatic carbocycles. The lowest BCUT2D eigenvalue weighted by Crippen LogP contribution is -2.49. The van der Waals surface area contributed by atoms with E-state index in [9.17, 15) is 9.59 Å². The Kier molecular flexibility index (Phi) is 4.14. The molecule has 0 spiro atoms. The molecular weight excluding hydrogens is 300 g/mol. The van der Waals surface area contributed by atoms with Crippen molar-refractivity contribution in [3.63, 3.8) is 0 Å². The van der Waals surface area contributed by atoms with Gasteiger partial charge >= 0.3 is 0 Å². The Balaban J connectivity index is 1.84. The Labute approximate surface area is 142 Å². The van der Waals surface area contributed by atoms with E-state index in [-0.39, 0.29) is 17.9 Å². The number of fused-ring (bicyclic) bond motifs is 1. The van der Waals surface area contributed by atoms with Crippen LogP contribution in [0.4, 0.5) is 11.4 Å². The summed E-state index contributed by atoms with van der Waals surface area (Å²) in [5.41, 5.74) is 1.60. The van der Waals surface area contributed by atoms with E-state index in [2.05, 4.69) is 5.32 Å². The van der Waals surface area contributed by atoms with Crippen molar-refractivity contribution < 1.29 is 9.59 Å². The number of nitrogens with one attached hydrogen (secondary N) is 1. The van der Waals surface area contributed by atoms with Crippen molar-refractivity contribution in [2.75, 3.05) is 10.2 Å². The van der Waals surface area contributed by atoms with Gasteiger partial charge in [-0.25, -0.2) is 0 Å². The molecule has 0 bridgehead atoms. The van der Waals surface area contributed by atoms with Gasteiger partial charge in [0.15, 0.2) is 0 Å². The van der Waals surface area contributed by atoms with Gasteiger partial charge in [0.05, 0.1) is 0 Å². The summed E-state index contributed by atoms with van der Waals surface area (Å²) >= 11 is 0. The minimum absolute atomic E-state index is 0.0544. The zero-order valence-electron chi connectivity index (χ0n) is 14.2. The molecule has 3 rings (SSSR count). The van der Waals surface area contributed by atoms with E-state index in [1.807, 2.05) is 61.5 Å². The Morgan fingerprint density at radius 3 is 2.38 bits per heavy atom. The number of hydrogen-bond donors (Lipinski definition) is 1. The summed E-state index contributed by atoms with van der Waals surface area (Å²) in [5.74, 6) is -0.469. The van der Waals surface area contributed by atoms with E-state index in [0.29, 0.717) is 5.69 Å². The lowest BCUT2D eigenvalue weighted by Gasteiger charge is -2.31. The second-order valence-electron chi connectivity index (χ2n) is 6.80. The van der Waals surface area contributed by atoms with Gasteiger partial charge in [-0.15, -0.1) is 0 Å². The average molecular weight is 322 g/mol. The van der Waals surface area contributed by atoms with Gasteiger partial charge in [0, 0.05) is 17.4 Å². The highest BCUT2D eigenvalue weighted by Crippen LogP contribution is 2.35. The summed E-state index contributed by atoms with van der Waals surface area (Å²) in [6.07, 6.45) is 0.818. The Bertz CT molecular complexity index is 768. The average Bonchev–Trinajstić information content (AvgIpc) is 2.90. The number of benzene rings is 2. The van der Waals surface area contributed by atoms with Gasteiger partial charge in [0.1, 0.15) is 5.41 Å². The van der Waals surface area contributed by atoms with Crippen LogP contribution in [-0.4, -0.2) is 17.9 Å². The van der Waals surface area contributed by atoms with Crippen LogP contribution in [0, 0.1) is 5.41 Å². The van der Waals surface area contributed by atoms with Crippen molar-refractivity contribution in [3.8, 4) is 0 Å². The highest BCUT2D eigenvalue weighted by Gasteiger charge is 2.43. The normalized spacial score (nSPS) is 16.6. The first-order chi connectivity index (χ1) is 11.4. The number of amides is 2. The van der Waals surface area contributed by atoms with Crippen LogP contribution in [0.25, 0.3) is 0 Å². The van der Waals surface area contributed by atoms with Gasteiger partial charge in [-0.1, -0.05) is 36.4 Å². The van der Waals surface area contributed by atoms with Crippen molar-refractivity contribution in [3.05, 3.63) is 60.2 Å². The molecule has 2 aromatic rings. The highest BCUT2D eigenvalue weighted by molar-refractivity contribution is 6.15. The van der Waals surface area contributed by atoms with Gasteiger partial charge in [-0.05, 0) is 51.0 Å². The van der Waals surface area contributed by atoms with Crippen LogP contribution in [0.15, 0.2) is 54.6 Å². The van der Waals surface area contributed by atoms with Crippen LogP contribution in [0.1, 0.15) is 26.3 Å². The van der Waals surface area contributed by atoms with Crippen LogP contribution >= 0.6 is 0 Å². The lowest BCUT2D eigenvalue weighted by atomic mass is 9.89. The minimum atomic E-state index is -1.15. The smallest absolute Gasteiger partial charge is 0.242 e. The van der Waals surface area contributed by atoms with Crippen LogP contribution in [0.3, 0.4) is 0 Å². The van der Waals surface area contributed by atoms with Crippen molar-refractivity contribution in [1.82, 2.24) is 0 Å². The summed E-state index contributed by atoms with van der Waals surface area (Å²) in [5, 5.41) is 2.84. The molecular formula is C20H22N2O2. The fourth-order valence-electron chi connectivity index (χ4n) is 3.08. The summed E-state index contributed by atoms with van der Waals surface area (Å²) in [4.78, 5) is 27.6. The van der Waals surface area contributed by atoms with Gasteiger partial charge < -0.3 is 10.2 Å². The van der Waals surface area contributed by atoms with E-state index in [1.54, 1.807) is 18.7 Å². The largest absolute Gasteiger partial charge is 0.325 e. The first-order valence-electron chi connectivity index (χ1n) is 8.19. The zero-order valence-corrected chi connectivity index (χ0v) is 14.2. The SMILES string of the molecule is CC1Cc2ccccc2N1C(=O)C(C)(C)C(=O)Nc1ccccc1. The van der Waals surface area contributed by atoms with Crippen LogP contribution in [0.2, 0.25) is 0 Å². The van der Waals surface area contributed by atoms with Crippen LogP contribution in [-0.2, 0) is 16.0 Å². The number of para-hydroxylation sites is 2. The van der Waals surface area contributed by atoms with E-state index in [0.717, 1.165) is 17.7 Å². The van der Waals surface area contributed by atoms with Gasteiger partial charge in [-0.3, -0.25) is 9.59 Å². The van der Waals surface area contributed by atoms with Crippen molar-refractivity contribution in [1.29, 1.82) is 0 Å². The standard InChI is InChI=1S/C20H22N2O2/c1-14-13-15-9-7-8-12-17(15)22(14)19(24)20(2,3)18(23)21-16-10-5-4-6-11-16/h4-12,14H,13H2,1-3H3,(H,21,23). The quantitative estimate of drug-likeness (QED) is 0.877. The molecule has 0 aliphatic carbocycles. The molecule has 2 amide bonds. The molecule has 1 aliphatic rings. The van der Waals surface area contributed by atoms with Gasteiger partial charge in [-0.2, -0.15) is 0 Å². The summed E-state index contributed by atoms with van der Waals surface area (Å²) in [7, 11) is 0. The van der Waals surface area contributed by atoms with Crippen molar-refractivity contribution >= 4 is 23.2 Å². The lowest BCUT2D eigenvalue weighted by molar-refractivity contribution is -0.136. The van der Waals surface area contributed by atoms with Crippen LogP contribution < -0.4 is 10.2 Å². The molecule has 4 nitrogen and oxygen atoms in total. The molecule has 0 saturated carbocycles. The maximum Gasteiger partial charge on any atom is 0.242 e. The molecule has 0 saturated heterocycles. The predicted molar refractivity (Wildman–Crippen MR) is 95.9 cm³/mol. The first kappa shape index (κ1) is 16.2. The maximum atomic E-state index is 13.1. The van der Waals surface area contributed by atoms with Crippen molar-refractivity contribution in [2.45, 2.75) is 33.2 Å². The topological polar surface area (TPSA) is 49.4 Å². The molecule has 1 atom stereocenters. The fraction of sp³-hybridized carbons (Fsp3) is 0.300. The molecule has 24 heavy (non-hydrogen) atoms. The Morgan fingerprint density at radius 1 is 1.04 bits per heavy atom. The molecule has 1 heterocycles. The Morgan fingerprint density at radius 2 is 1.67 bits per heavy atom. The fourth-order valence-corrected chi connectivity index (χ4v) is 3.08. The summed E-state index contributed by atoms with van der Waals surface area (Å²) in [6.45, 7) is 5.38. The number of carbonyl (C=O) groups is 2. The molecule has 1 N–H and O–H groups in total. The molecule has 1 aliphatic heterocycles. The van der Waals surface area contributed by atoms with E-state index in [4.69, 9.17) is 0 Å². The third-order valence-corrected chi connectivity index (χ3v) is 4.56. The number of nitrogens with zero attached hydrogens (tertiary/aromatic N) is 1. The highest BCUT2D eigenvalue weighted by atomic mass is 16.2. The summed E-state index contributed by atoms with van der Waals surface area (Å²) < 4.78 is 0. The second kappa shape index (κ2) is 6.11. The second-order valence-corrected chi connectivity index (χ2v) is 6.80. The number of hydrogen-bond acceptors (Lipinski definition) is 2. The van der Waals surface area contributed by atoms with Gasteiger partial charge in [0.2, 0.25) is 11.8 Å². The third kappa shape index (κ3) is 2.80. The predicted octanol–water partition coefficient (Wildman–Crippen LogP) is 3.63. The molecule has 124 valence electrons. The number of rotatable bonds is 3. The number of carbonyl (C=O) groups excluding carboxylic acids is 2. The van der Waals surface area contributed by atoms with E-state index in [1.165, 1.54) is 0 Å². The van der Waals surface area contributed by atoms with Crippen LogP contribution in [0.5, 0.6) is 0 Å². The van der Waals surface area contributed by atoms with Crippen molar-refractivity contribution in [2.24, 2.45) is 5.41 Å². The minimum Gasteiger partial charge on any atom is -0.325 e. The molecule has 0 fully saturated rings. The Hall–Kier alpha value is -2.62. The summed E-state index contributed by atoms with van der Waals surface area (Å²) in [6, 6.07) is 17.2. The molecule has 0 radical (unpaired) electrons. The molecule has 0 aromatic heterocycles. The molecule has 4 heteroatoms.